The van der Waals surface area contributed by atoms with Crippen molar-refractivity contribution in [2.45, 2.75) is 99.3 Å². The molecule has 0 aliphatic heterocycles. The van der Waals surface area contributed by atoms with Crippen LogP contribution in [0.4, 0.5) is 0 Å². The Balaban J connectivity index is 0. The highest BCUT2D eigenvalue weighted by Gasteiger charge is 2.08. The summed E-state index contributed by atoms with van der Waals surface area (Å²) in [6.45, 7) is 25.1. The van der Waals surface area contributed by atoms with E-state index in [1.165, 1.54) is 61.7 Å². The number of hydrogen-bond donors (Lipinski definition) is 0. The Hall–Kier alpha value is -0.780. The molecule has 2 unspecified atom stereocenters. The van der Waals surface area contributed by atoms with Crippen molar-refractivity contribution in [3.63, 3.8) is 0 Å². The normalized spacial score (nSPS) is 12.8. The van der Waals surface area contributed by atoms with Crippen molar-refractivity contribution in [2.75, 3.05) is 0 Å². The second-order valence-electron chi connectivity index (χ2n) is 7.17. The van der Waals surface area contributed by atoms with Crippen LogP contribution in [0.2, 0.25) is 0 Å². The van der Waals surface area contributed by atoms with Crippen molar-refractivity contribution >= 4 is 0 Å². The number of rotatable bonds is 12. The Bertz CT molecular complexity index is 321. The van der Waals surface area contributed by atoms with Crippen LogP contribution >= 0.6 is 0 Å². The van der Waals surface area contributed by atoms with Gasteiger partial charge in [-0.15, -0.1) is 13.2 Å². The average molecular weight is 321 g/mol. The van der Waals surface area contributed by atoms with Crippen LogP contribution in [-0.2, 0) is 0 Å². The highest BCUT2D eigenvalue weighted by atomic mass is 14.1. The van der Waals surface area contributed by atoms with Crippen LogP contribution in [0.3, 0.4) is 0 Å². The van der Waals surface area contributed by atoms with Gasteiger partial charge in [-0.2, -0.15) is 0 Å². The van der Waals surface area contributed by atoms with E-state index in [0.717, 1.165) is 18.8 Å². The Labute approximate surface area is 148 Å². The molecule has 2 atom stereocenters. The Morgan fingerprint density at radius 3 is 1.61 bits per heavy atom. The van der Waals surface area contributed by atoms with Gasteiger partial charge in [0.15, 0.2) is 0 Å². The topological polar surface area (TPSA) is 0 Å². The van der Waals surface area contributed by atoms with Gasteiger partial charge in [-0.25, -0.2) is 0 Å². The van der Waals surface area contributed by atoms with E-state index in [-0.39, 0.29) is 0 Å². The molecule has 0 rings (SSSR count). The third-order valence-corrected chi connectivity index (χ3v) is 4.70. The molecule has 0 saturated carbocycles. The predicted molar refractivity (Wildman–Crippen MR) is 110 cm³/mol. The van der Waals surface area contributed by atoms with Gasteiger partial charge in [0.1, 0.15) is 0 Å². The summed E-state index contributed by atoms with van der Waals surface area (Å²) in [7, 11) is 0. The zero-order valence-corrected chi connectivity index (χ0v) is 17.1. The molecule has 0 nitrogen and oxygen atoms in total. The second-order valence-corrected chi connectivity index (χ2v) is 7.17. The molecular weight excluding hydrogens is 276 g/mol. The summed E-state index contributed by atoms with van der Waals surface area (Å²) in [5, 5.41) is 0. The first kappa shape index (κ1) is 24.5. The third kappa shape index (κ3) is 15.9. The van der Waals surface area contributed by atoms with Gasteiger partial charge >= 0.3 is 0 Å². The predicted octanol–water partition coefficient (Wildman–Crippen LogP) is 8.50. The van der Waals surface area contributed by atoms with Crippen LogP contribution in [0.1, 0.15) is 99.3 Å². The maximum absolute atomic E-state index is 4.09. The highest BCUT2D eigenvalue weighted by Crippen LogP contribution is 2.23. The monoisotopic (exact) mass is 320 g/mol. The fraction of sp³-hybridized carbons (Fsp3) is 0.739. The lowest BCUT2D eigenvalue weighted by Gasteiger charge is -2.16. The van der Waals surface area contributed by atoms with E-state index in [1.54, 1.807) is 0 Å². The van der Waals surface area contributed by atoms with E-state index in [0.29, 0.717) is 5.92 Å². The lowest BCUT2D eigenvalue weighted by Crippen LogP contribution is -2.01. The second kappa shape index (κ2) is 16.1. The number of hydrogen-bond acceptors (Lipinski definition) is 0. The first-order chi connectivity index (χ1) is 10.8. The molecule has 0 aliphatic rings. The van der Waals surface area contributed by atoms with E-state index in [1.807, 2.05) is 0 Å². The van der Waals surface area contributed by atoms with Crippen molar-refractivity contribution in [3.05, 3.63) is 36.5 Å². The van der Waals surface area contributed by atoms with Gasteiger partial charge in [-0.3, -0.25) is 0 Å². The highest BCUT2D eigenvalue weighted by molar-refractivity contribution is 5.01. The van der Waals surface area contributed by atoms with Crippen LogP contribution in [0.25, 0.3) is 0 Å². The van der Waals surface area contributed by atoms with Crippen LogP contribution in [0.15, 0.2) is 36.5 Å². The first-order valence-electron chi connectivity index (χ1n) is 9.78. The van der Waals surface area contributed by atoms with Crippen LogP contribution in [-0.4, -0.2) is 0 Å². The molecule has 0 radical (unpaired) electrons. The summed E-state index contributed by atoms with van der Waals surface area (Å²) in [5.41, 5.74) is 4.02. The molecule has 0 amide bonds. The largest absolute Gasteiger partial charge is 0.100 e. The van der Waals surface area contributed by atoms with Gasteiger partial charge in [0, 0.05) is 0 Å². The molecule has 136 valence electrons. The minimum Gasteiger partial charge on any atom is -0.100 e. The zero-order chi connectivity index (χ0) is 18.3. The average Bonchev–Trinajstić information content (AvgIpc) is 2.51. The molecule has 0 aromatic carbocycles. The van der Waals surface area contributed by atoms with Crippen LogP contribution in [0, 0.1) is 11.8 Å². The molecule has 0 N–H and O–H groups in total. The lowest BCUT2D eigenvalue weighted by molar-refractivity contribution is 0.432. The first-order valence-corrected chi connectivity index (χ1v) is 9.78. The molecule has 0 heteroatoms. The van der Waals surface area contributed by atoms with Gasteiger partial charge in [0.05, 0.1) is 0 Å². The van der Waals surface area contributed by atoms with Gasteiger partial charge in [-0.05, 0) is 64.2 Å². The van der Waals surface area contributed by atoms with E-state index < -0.39 is 0 Å². The molecule has 0 spiro atoms. The van der Waals surface area contributed by atoms with Crippen molar-refractivity contribution in [1.29, 1.82) is 0 Å². The van der Waals surface area contributed by atoms with Crippen molar-refractivity contribution in [3.8, 4) is 0 Å². The van der Waals surface area contributed by atoms with Crippen LogP contribution in [0.5, 0.6) is 0 Å². The van der Waals surface area contributed by atoms with Gasteiger partial charge < -0.3 is 0 Å². The van der Waals surface area contributed by atoms with E-state index in [2.05, 4.69) is 61.3 Å². The van der Waals surface area contributed by atoms with E-state index >= 15 is 0 Å². The number of allylic oxidation sites excluding steroid dienone is 3. The Kier molecular flexibility index (Phi) is 17.1. The minimum absolute atomic E-state index is 0.715. The fourth-order valence-electron chi connectivity index (χ4n) is 2.82. The molecule has 0 aromatic heterocycles. The smallest absolute Gasteiger partial charge is 0.0206 e. The third-order valence-electron chi connectivity index (χ3n) is 4.70. The molecular formula is C23H44. The summed E-state index contributed by atoms with van der Waals surface area (Å²) in [5.74, 6) is 1.66. The summed E-state index contributed by atoms with van der Waals surface area (Å²) >= 11 is 0. The molecule has 23 heavy (non-hydrogen) atoms. The van der Waals surface area contributed by atoms with Crippen molar-refractivity contribution in [2.24, 2.45) is 11.8 Å². The van der Waals surface area contributed by atoms with Crippen molar-refractivity contribution in [1.82, 2.24) is 0 Å². The molecule has 0 aromatic rings. The minimum atomic E-state index is 0.715. The molecule has 0 aliphatic carbocycles. The quantitative estimate of drug-likeness (QED) is 0.316. The van der Waals surface area contributed by atoms with E-state index in [9.17, 15) is 0 Å². The van der Waals surface area contributed by atoms with Crippen molar-refractivity contribution < 1.29 is 0 Å². The molecule has 0 bridgehead atoms. The molecule has 0 heterocycles. The Morgan fingerprint density at radius 2 is 1.26 bits per heavy atom. The maximum atomic E-state index is 4.09. The Morgan fingerprint density at radius 1 is 0.739 bits per heavy atom. The SMILES string of the molecule is C=C(C)CCC(CC)C(=C)CC.C=C(C)CCC(CC)CCC. The fourth-order valence-corrected chi connectivity index (χ4v) is 2.82. The van der Waals surface area contributed by atoms with Crippen LogP contribution < -0.4 is 0 Å². The van der Waals surface area contributed by atoms with Gasteiger partial charge in [0.2, 0.25) is 0 Å². The molecule has 0 fully saturated rings. The summed E-state index contributed by atoms with van der Waals surface area (Å²) in [6.07, 6.45) is 11.3. The lowest BCUT2D eigenvalue weighted by atomic mass is 9.90. The molecule has 0 saturated heterocycles. The summed E-state index contributed by atoms with van der Waals surface area (Å²) in [4.78, 5) is 0. The van der Waals surface area contributed by atoms with E-state index in [4.69, 9.17) is 0 Å². The summed E-state index contributed by atoms with van der Waals surface area (Å²) in [6, 6.07) is 0. The van der Waals surface area contributed by atoms with Gasteiger partial charge in [-0.1, -0.05) is 70.3 Å². The maximum Gasteiger partial charge on any atom is -0.0206 e. The summed E-state index contributed by atoms with van der Waals surface area (Å²) < 4.78 is 0. The zero-order valence-electron chi connectivity index (χ0n) is 17.1. The standard InChI is InChI=1S/C12H22.C11H22/c1-6-11(5)12(7-2)9-8-10(3)4;1-5-7-11(6-2)9-8-10(3)4/h12H,3,5-9H2,1-2,4H3;11H,3,5-9H2,1-2,4H3. The van der Waals surface area contributed by atoms with Gasteiger partial charge in [0.25, 0.3) is 0 Å².